The summed E-state index contributed by atoms with van der Waals surface area (Å²) >= 11 is 0. The first-order valence-corrected chi connectivity index (χ1v) is 5.94. The first-order valence-electron chi connectivity index (χ1n) is 5.94. The highest BCUT2D eigenvalue weighted by Crippen LogP contribution is 2.57. The number of hydrogen-bond acceptors (Lipinski definition) is 3. The predicted octanol–water partition coefficient (Wildman–Crippen LogP) is 1.83. The fourth-order valence-corrected chi connectivity index (χ4v) is 3.59. The number of benzene rings is 1. The van der Waals surface area contributed by atoms with E-state index in [-0.39, 0.29) is 5.92 Å². The molecule has 1 fully saturated rings. The normalized spacial score (nSPS) is 37.2. The van der Waals surface area contributed by atoms with E-state index in [9.17, 15) is 9.90 Å². The molecule has 2 bridgehead atoms. The first kappa shape index (κ1) is 9.42. The van der Waals surface area contributed by atoms with Crippen LogP contribution in [0.25, 0.3) is 0 Å². The van der Waals surface area contributed by atoms with E-state index in [1.165, 1.54) is 17.2 Å². The Hall–Kier alpha value is -1.61. The molecule has 0 amide bonds. The second-order valence-corrected chi connectivity index (χ2v) is 5.12. The van der Waals surface area contributed by atoms with Crippen molar-refractivity contribution in [2.75, 3.05) is 0 Å². The van der Waals surface area contributed by atoms with E-state index >= 15 is 0 Å². The van der Waals surface area contributed by atoms with Gasteiger partial charge in [0.15, 0.2) is 0 Å². The Balaban J connectivity index is 1.93. The SMILES string of the molecule is O=C1C=C2[C@@H]3C[C@H](CC2(O)O1)c1ccccc13. The summed E-state index contributed by atoms with van der Waals surface area (Å²) in [5.41, 5.74) is 3.30. The van der Waals surface area contributed by atoms with Crippen LogP contribution < -0.4 is 0 Å². The van der Waals surface area contributed by atoms with Crippen LogP contribution in [-0.2, 0) is 9.53 Å². The van der Waals surface area contributed by atoms with Crippen LogP contribution in [0.1, 0.15) is 35.8 Å². The maximum atomic E-state index is 11.3. The van der Waals surface area contributed by atoms with Gasteiger partial charge in [0.25, 0.3) is 0 Å². The number of carbonyl (C=O) groups excluding carboxylic acids is 1. The summed E-state index contributed by atoms with van der Waals surface area (Å²) in [4.78, 5) is 11.3. The van der Waals surface area contributed by atoms with Crippen molar-refractivity contribution < 1.29 is 14.6 Å². The molecule has 86 valence electrons. The topological polar surface area (TPSA) is 46.5 Å². The van der Waals surface area contributed by atoms with Crippen LogP contribution in [0.4, 0.5) is 0 Å². The fourth-order valence-electron chi connectivity index (χ4n) is 3.59. The highest BCUT2D eigenvalue weighted by atomic mass is 16.7. The number of carbonyl (C=O) groups is 1. The Morgan fingerprint density at radius 2 is 2.06 bits per heavy atom. The molecule has 1 unspecified atom stereocenters. The first-order chi connectivity index (χ1) is 8.17. The molecule has 0 saturated heterocycles. The fraction of sp³-hybridized carbons (Fsp3) is 0.357. The lowest BCUT2D eigenvalue weighted by atomic mass is 9.79. The van der Waals surface area contributed by atoms with Crippen molar-refractivity contribution in [1.29, 1.82) is 0 Å². The van der Waals surface area contributed by atoms with Gasteiger partial charge in [-0.25, -0.2) is 4.79 Å². The maximum absolute atomic E-state index is 11.3. The lowest BCUT2D eigenvalue weighted by molar-refractivity contribution is -0.188. The van der Waals surface area contributed by atoms with Gasteiger partial charge in [0.2, 0.25) is 5.79 Å². The molecule has 0 radical (unpaired) electrons. The third-order valence-electron chi connectivity index (χ3n) is 4.22. The summed E-state index contributed by atoms with van der Waals surface area (Å²) in [6, 6.07) is 8.25. The zero-order valence-corrected chi connectivity index (χ0v) is 9.22. The number of fused-ring (bicyclic) bond motifs is 7. The molecule has 1 aliphatic heterocycles. The Kier molecular flexibility index (Phi) is 1.55. The van der Waals surface area contributed by atoms with Gasteiger partial charge in [-0.15, -0.1) is 0 Å². The molecule has 3 nitrogen and oxygen atoms in total. The van der Waals surface area contributed by atoms with E-state index in [1.54, 1.807) is 0 Å². The van der Waals surface area contributed by atoms with E-state index in [1.807, 2.05) is 12.1 Å². The molecule has 3 aliphatic rings. The predicted molar refractivity (Wildman–Crippen MR) is 60.3 cm³/mol. The van der Waals surface area contributed by atoms with Crippen LogP contribution in [-0.4, -0.2) is 16.9 Å². The molecule has 1 aromatic carbocycles. The molecular formula is C14H12O3. The number of aliphatic hydroxyl groups is 1. The van der Waals surface area contributed by atoms with Crippen molar-refractivity contribution in [2.24, 2.45) is 0 Å². The summed E-state index contributed by atoms with van der Waals surface area (Å²) in [6.45, 7) is 0. The van der Waals surface area contributed by atoms with Crippen LogP contribution >= 0.6 is 0 Å². The van der Waals surface area contributed by atoms with E-state index in [4.69, 9.17) is 4.74 Å². The van der Waals surface area contributed by atoms with Gasteiger partial charge in [0.05, 0.1) is 0 Å². The van der Waals surface area contributed by atoms with Crippen molar-refractivity contribution in [1.82, 2.24) is 0 Å². The zero-order valence-electron chi connectivity index (χ0n) is 9.22. The van der Waals surface area contributed by atoms with Gasteiger partial charge >= 0.3 is 5.97 Å². The lowest BCUT2D eigenvalue weighted by Gasteiger charge is -2.34. The van der Waals surface area contributed by atoms with Crippen LogP contribution in [0.5, 0.6) is 0 Å². The smallest absolute Gasteiger partial charge is 0.333 e. The monoisotopic (exact) mass is 228 g/mol. The third-order valence-corrected chi connectivity index (χ3v) is 4.22. The van der Waals surface area contributed by atoms with Crippen molar-refractivity contribution >= 4 is 5.97 Å². The minimum absolute atomic E-state index is 0.154. The zero-order chi connectivity index (χ0) is 11.6. The van der Waals surface area contributed by atoms with Gasteiger partial charge in [0.1, 0.15) is 0 Å². The number of ether oxygens (including phenoxy) is 1. The van der Waals surface area contributed by atoms with Gasteiger partial charge in [0, 0.05) is 24.0 Å². The average Bonchev–Trinajstić information content (AvgIpc) is 2.77. The van der Waals surface area contributed by atoms with E-state index in [2.05, 4.69) is 12.1 Å². The summed E-state index contributed by atoms with van der Waals surface area (Å²) in [7, 11) is 0. The Labute approximate surface area is 98.7 Å². The molecule has 2 aliphatic carbocycles. The molecule has 3 heteroatoms. The van der Waals surface area contributed by atoms with Crippen molar-refractivity contribution in [3.05, 3.63) is 47.0 Å². The molecule has 1 saturated carbocycles. The summed E-state index contributed by atoms with van der Waals surface area (Å²) in [5.74, 6) is -1.29. The quantitative estimate of drug-likeness (QED) is 0.689. The Morgan fingerprint density at radius 1 is 1.29 bits per heavy atom. The van der Waals surface area contributed by atoms with E-state index in [0.29, 0.717) is 12.3 Å². The van der Waals surface area contributed by atoms with E-state index < -0.39 is 11.8 Å². The van der Waals surface area contributed by atoms with Crippen molar-refractivity contribution in [2.45, 2.75) is 30.5 Å². The maximum Gasteiger partial charge on any atom is 0.333 e. The molecule has 0 spiro atoms. The summed E-state index contributed by atoms with van der Waals surface area (Å²) < 4.78 is 5.09. The van der Waals surface area contributed by atoms with Crippen molar-refractivity contribution in [3.8, 4) is 0 Å². The summed E-state index contributed by atoms with van der Waals surface area (Å²) in [6.07, 6.45) is 2.96. The van der Waals surface area contributed by atoms with Gasteiger partial charge in [-0.1, -0.05) is 24.3 Å². The molecular weight excluding hydrogens is 216 g/mol. The molecule has 0 aromatic heterocycles. The van der Waals surface area contributed by atoms with Crippen LogP contribution in [0.3, 0.4) is 0 Å². The minimum atomic E-state index is -1.34. The molecule has 3 atom stereocenters. The number of esters is 1. The van der Waals surface area contributed by atoms with Crippen molar-refractivity contribution in [3.63, 3.8) is 0 Å². The van der Waals surface area contributed by atoms with Gasteiger partial charge < -0.3 is 9.84 Å². The molecule has 1 heterocycles. The summed E-state index contributed by atoms with van der Waals surface area (Å²) in [5, 5.41) is 10.4. The number of rotatable bonds is 0. The largest absolute Gasteiger partial charge is 0.426 e. The van der Waals surface area contributed by atoms with Gasteiger partial charge in [-0.2, -0.15) is 0 Å². The molecule has 1 aromatic rings. The average molecular weight is 228 g/mol. The highest BCUT2D eigenvalue weighted by Gasteiger charge is 2.54. The minimum Gasteiger partial charge on any atom is -0.426 e. The van der Waals surface area contributed by atoms with Crippen LogP contribution in [0.2, 0.25) is 0 Å². The lowest BCUT2D eigenvalue weighted by Crippen LogP contribution is -2.37. The standard InChI is InChI=1S/C14H12O3/c15-13-6-12-11-5-8(7-14(12,16)17-13)9-3-1-2-4-10(9)11/h1-4,6,8,11,16H,5,7H2/t8-,11-,14?/m1/s1. The Bertz CT molecular complexity index is 560. The molecule has 17 heavy (non-hydrogen) atoms. The van der Waals surface area contributed by atoms with Gasteiger partial charge in [-0.3, -0.25) is 0 Å². The number of hydrogen-bond donors (Lipinski definition) is 1. The molecule has 1 N–H and O–H groups in total. The molecule has 4 rings (SSSR count). The van der Waals surface area contributed by atoms with E-state index in [0.717, 1.165) is 12.0 Å². The van der Waals surface area contributed by atoms with Gasteiger partial charge in [-0.05, 0) is 23.5 Å². The highest BCUT2D eigenvalue weighted by molar-refractivity contribution is 5.87. The second-order valence-electron chi connectivity index (χ2n) is 5.12. The van der Waals surface area contributed by atoms with Crippen LogP contribution in [0.15, 0.2) is 35.9 Å². The third kappa shape index (κ3) is 1.07. The second kappa shape index (κ2) is 2.79. The Morgan fingerprint density at radius 3 is 2.88 bits per heavy atom. The van der Waals surface area contributed by atoms with Crippen LogP contribution in [0, 0.1) is 0 Å².